The molecule has 8 aromatic carbocycles. The van der Waals surface area contributed by atoms with Gasteiger partial charge in [0, 0.05) is 38.4 Å². The lowest BCUT2D eigenvalue weighted by Gasteiger charge is -2.24. The van der Waals surface area contributed by atoms with Crippen LogP contribution in [0, 0.1) is 27.7 Å². The first-order valence-electron chi connectivity index (χ1n) is 23.8. The molecular weight excluding hydrogens is 785 g/mol. The quantitative estimate of drug-likeness (QED) is 0.169. The van der Waals surface area contributed by atoms with Gasteiger partial charge in [-0.2, -0.15) is 0 Å². The van der Waals surface area contributed by atoms with Gasteiger partial charge in [-0.05, 0) is 191 Å². The lowest BCUT2D eigenvalue weighted by Crippen LogP contribution is -2.17. The van der Waals surface area contributed by atoms with Gasteiger partial charge in [-0.25, -0.2) is 0 Å². The summed E-state index contributed by atoms with van der Waals surface area (Å²) in [5.74, 6) is 1.93. The van der Waals surface area contributed by atoms with E-state index in [0.29, 0.717) is 0 Å². The Labute approximate surface area is 384 Å². The average molecular weight is 841 g/mol. The highest BCUT2D eigenvalue weighted by Crippen LogP contribution is 2.60. The third kappa shape index (κ3) is 4.74. The number of aryl methyl sites for hydroxylation is 3. The van der Waals surface area contributed by atoms with Crippen molar-refractivity contribution in [2.24, 2.45) is 0 Å². The Morgan fingerprint density at radius 3 is 1.17 bits per heavy atom. The van der Waals surface area contributed by atoms with Crippen LogP contribution in [0.4, 0.5) is 0 Å². The van der Waals surface area contributed by atoms with Crippen LogP contribution in [0.5, 0.6) is 0 Å². The van der Waals surface area contributed by atoms with Crippen LogP contribution in [0.2, 0.25) is 0 Å². The van der Waals surface area contributed by atoms with Crippen LogP contribution in [-0.4, -0.2) is 0 Å². The molecule has 0 bridgehead atoms. The van der Waals surface area contributed by atoms with E-state index in [2.05, 4.69) is 204 Å². The van der Waals surface area contributed by atoms with Crippen LogP contribution in [0.25, 0.3) is 88.5 Å². The summed E-state index contributed by atoms with van der Waals surface area (Å²) in [6.45, 7) is 28.3. The predicted molar refractivity (Wildman–Crippen MR) is 274 cm³/mol. The van der Waals surface area contributed by atoms with Crippen LogP contribution in [-0.2, 0) is 21.7 Å². The molecule has 9 aromatic rings. The summed E-state index contributed by atoms with van der Waals surface area (Å²) in [7, 11) is 0. The third-order valence-corrected chi connectivity index (χ3v) is 17.2. The molecule has 0 saturated carbocycles. The fourth-order valence-electron chi connectivity index (χ4n) is 13.6. The van der Waals surface area contributed by atoms with Gasteiger partial charge in [0.15, 0.2) is 0 Å². The van der Waals surface area contributed by atoms with Crippen LogP contribution >= 0.6 is 0 Å². The summed E-state index contributed by atoms with van der Waals surface area (Å²) >= 11 is 0. The van der Waals surface area contributed by atoms with Gasteiger partial charge >= 0.3 is 0 Å². The fourth-order valence-corrected chi connectivity index (χ4v) is 13.6. The van der Waals surface area contributed by atoms with Crippen molar-refractivity contribution in [2.45, 2.75) is 105 Å². The SMILES string of the molecule is Cc1oc(-c2ccc3c(c2)C(C)(C)c2cc4c(cc2-3)C(C)(C)c2cc(C)c3ccccc3c2-4)c(C)c1-c1ccc2c(c1)C(C)(C)c1cc3c(cc1-2)C(C)(C)c1cc(C)c2ccccc2c1-3. The average Bonchev–Trinajstić information content (AvgIpc) is 3.94. The number of benzene rings is 8. The zero-order valence-corrected chi connectivity index (χ0v) is 40.0. The topological polar surface area (TPSA) is 13.1 Å². The van der Waals surface area contributed by atoms with Crippen molar-refractivity contribution >= 4 is 21.5 Å². The maximum Gasteiger partial charge on any atom is 0.137 e. The molecule has 0 spiro atoms. The summed E-state index contributed by atoms with van der Waals surface area (Å²) < 4.78 is 6.86. The first-order valence-corrected chi connectivity index (χ1v) is 23.8. The highest BCUT2D eigenvalue weighted by atomic mass is 16.3. The minimum absolute atomic E-state index is 0.0872. The fraction of sp³-hybridized carbons (Fsp3) is 0.250. The largest absolute Gasteiger partial charge is 0.460 e. The molecule has 0 unspecified atom stereocenters. The van der Waals surface area contributed by atoms with Crippen LogP contribution < -0.4 is 0 Å². The molecule has 0 saturated heterocycles. The Hall–Kier alpha value is -6.44. The smallest absolute Gasteiger partial charge is 0.137 e. The molecule has 0 fully saturated rings. The zero-order chi connectivity index (χ0) is 45.0. The Bertz CT molecular complexity index is 3680. The Morgan fingerprint density at radius 2 is 0.692 bits per heavy atom. The third-order valence-electron chi connectivity index (χ3n) is 17.2. The molecule has 13 rings (SSSR count). The maximum atomic E-state index is 6.86. The normalized spacial score (nSPS) is 16.8. The Morgan fingerprint density at radius 1 is 0.323 bits per heavy atom. The van der Waals surface area contributed by atoms with Crippen molar-refractivity contribution in [3.05, 3.63) is 188 Å². The first kappa shape index (κ1) is 39.0. The lowest BCUT2D eigenvalue weighted by atomic mass is 9.79. The second-order valence-electron chi connectivity index (χ2n) is 22.2. The molecule has 4 aliphatic carbocycles. The van der Waals surface area contributed by atoms with Gasteiger partial charge in [0.2, 0.25) is 0 Å². The Kier molecular flexibility index (Phi) is 7.35. The van der Waals surface area contributed by atoms with Gasteiger partial charge in [-0.3, -0.25) is 0 Å². The summed E-state index contributed by atoms with van der Waals surface area (Å²) in [6.07, 6.45) is 0. The first-order chi connectivity index (χ1) is 30.9. The Balaban J connectivity index is 0.885. The van der Waals surface area contributed by atoms with Crippen LogP contribution in [0.3, 0.4) is 0 Å². The molecule has 1 heterocycles. The van der Waals surface area contributed by atoms with Crippen molar-refractivity contribution in [1.82, 2.24) is 0 Å². The summed E-state index contributed by atoms with van der Waals surface area (Å²) in [6, 6.07) is 47.3. The molecular formula is C64H56O. The standard InChI is InChI=1S/C64H56O/c1-33-25-55-58(43-19-15-13-17-39(33)43)47-31-51-45(29-53(47)63(55,9)10)41-23-21-37(27-49(41)61(51,5)6)57-35(3)60(65-36(57)4)38-22-24-42-46-30-54-48(32-52(46)62(7,8)50(42)28-38)59-44-20-16-14-18-40(44)34(2)26-56(59)64(54,11)12/h13-32H,1-12H3. The van der Waals surface area contributed by atoms with Gasteiger partial charge < -0.3 is 4.42 Å². The molecule has 0 radical (unpaired) electrons. The van der Waals surface area contributed by atoms with Crippen LogP contribution in [0.15, 0.2) is 126 Å². The minimum atomic E-state index is -0.175. The second-order valence-corrected chi connectivity index (χ2v) is 22.2. The van der Waals surface area contributed by atoms with Gasteiger partial charge in [-0.1, -0.05) is 140 Å². The molecule has 1 aromatic heterocycles. The minimum Gasteiger partial charge on any atom is -0.460 e. The van der Waals surface area contributed by atoms with Gasteiger partial charge in [0.05, 0.1) is 0 Å². The van der Waals surface area contributed by atoms with Gasteiger partial charge in [0.25, 0.3) is 0 Å². The van der Waals surface area contributed by atoms with Gasteiger partial charge in [0.1, 0.15) is 11.5 Å². The summed E-state index contributed by atoms with van der Waals surface area (Å²) in [5, 5.41) is 5.43. The predicted octanol–water partition coefficient (Wildman–Crippen LogP) is 17.4. The van der Waals surface area contributed by atoms with E-state index in [4.69, 9.17) is 4.42 Å². The van der Waals surface area contributed by atoms with Crippen molar-refractivity contribution in [3.63, 3.8) is 0 Å². The molecule has 1 nitrogen and oxygen atoms in total. The number of furan rings is 1. The molecule has 0 N–H and O–H groups in total. The number of hydrogen-bond donors (Lipinski definition) is 0. The van der Waals surface area contributed by atoms with E-state index >= 15 is 0 Å². The maximum absolute atomic E-state index is 6.86. The summed E-state index contributed by atoms with van der Waals surface area (Å²) in [5.41, 5.74) is 29.4. The zero-order valence-electron chi connectivity index (χ0n) is 40.0. The molecule has 0 amide bonds. The highest BCUT2D eigenvalue weighted by Gasteiger charge is 2.45. The highest BCUT2D eigenvalue weighted by molar-refractivity contribution is 6.06. The van der Waals surface area contributed by atoms with Crippen LogP contribution in [0.1, 0.15) is 122 Å². The molecule has 65 heavy (non-hydrogen) atoms. The molecule has 318 valence electrons. The number of hydrogen-bond acceptors (Lipinski definition) is 1. The van der Waals surface area contributed by atoms with E-state index in [-0.39, 0.29) is 21.7 Å². The number of rotatable bonds is 2. The van der Waals surface area contributed by atoms with Gasteiger partial charge in [-0.15, -0.1) is 0 Å². The van der Waals surface area contributed by atoms with Crippen molar-refractivity contribution in [3.8, 4) is 67.0 Å². The van der Waals surface area contributed by atoms with E-state index in [1.807, 2.05) is 0 Å². The molecule has 1 heteroatoms. The second kappa shape index (κ2) is 12.3. The molecule has 0 atom stereocenters. The van der Waals surface area contributed by atoms with Crippen molar-refractivity contribution < 1.29 is 4.42 Å². The van der Waals surface area contributed by atoms with Crippen molar-refractivity contribution in [1.29, 1.82) is 0 Å². The lowest BCUT2D eigenvalue weighted by molar-refractivity contribution is 0.548. The monoisotopic (exact) mass is 840 g/mol. The van der Waals surface area contributed by atoms with E-state index in [0.717, 1.165) is 17.1 Å². The number of fused-ring (bicyclic) bond motifs is 16. The van der Waals surface area contributed by atoms with Crippen molar-refractivity contribution in [2.75, 3.05) is 0 Å². The van der Waals surface area contributed by atoms with E-state index < -0.39 is 0 Å². The van der Waals surface area contributed by atoms with E-state index in [9.17, 15) is 0 Å². The molecule has 4 aliphatic rings. The van der Waals surface area contributed by atoms with E-state index in [1.165, 1.54) is 138 Å². The summed E-state index contributed by atoms with van der Waals surface area (Å²) in [4.78, 5) is 0. The van der Waals surface area contributed by atoms with E-state index in [1.54, 1.807) is 0 Å². The molecule has 0 aliphatic heterocycles.